The third kappa shape index (κ3) is 29.2. The number of nitrogens with zero attached hydrogens (tertiary/aromatic N) is 1. The number of rotatable bonds is 31. The van der Waals surface area contributed by atoms with Crippen LogP contribution in [0.2, 0.25) is 0 Å². The van der Waals surface area contributed by atoms with Crippen LogP contribution in [0.3, 0.4) is 0 Å². The lowest BCUT2D eigenvalue weighted by molar-refractivity contribution is -0.889. The second kappa shape index (κ2) is 30.6. The molecule has 0 saturated carbocycles. The van der Waals surface area contributed by atoms with Gasteiger partial charge in [0.15, 0.2) is 6.10 Å². The average molecular weight is 662 g/mol. The topological polar surface area (TPSA) is 102 Å². The third-order valence-electron chi connectivity index (χ3n) is 7.73. The minimum Gasteiger partial charge on any atom is -0.544 e. The average Bonchev–Trinajstić information content (AvgIpc) is 3.01. The summed E-state index contributed by atoms with van der Waals surface area (Å²) < 4.78 is 17.0. The molecular formula is C39H67NO7. The Balaban J connectivity index is 4.52. The molecule has 0 fully saturated rings. The normalized spacial score (nSPS) is 13.6. The summed E-state index contributed by atoms with van der Waals surface area (Å²) in [7, 11) is 5.37. The second-order valence-electron chi connectivity index (χ2n) is 13.1. The number of aliphatic carboxylic acids is 1. The van der Waals surface area contributed by atoms with Gasteiger partial charge in [-0.15, -0.1) is 0 Å². The van der Waals surface area contributed by atoms with E-state index in [-0.39, 0.29) is 49.1 Å². The fourth-order valence-corrected chi connectivity index (χ4v) is 4.85. The molecule has 2 unspecified atom stereocenters. The first kappa shape index (κ1) is 44.3. The van der Waals surface area contributed by atoms with E-state index in [1.165, 1.54) is 12.8 Å². The lowest BCUT2D eigenvalue weighted by atomic mass is 10.1. The number of ether oxygens (including phenoxy) is 3. The number of quaternary nitrogens is 1. The van der Waals surface area contributed by atoms with Gasteiger partial charge in [0.05, 0.1) is 40.3 Å². The summed E-state index contributed by atoms with van der Waals surface area (Å²) in [5.41, 5.74) is 0. The van der Waals surface area contributed by atoms with Crippen LogP contribution in [0.15, 0.2) is 48.6 Å². The van der Waals surface area contributed by atoms with Crippen LogP contribution >= 0.6 is 0 Å². The maximum atomic E-state index is 12.6. The molecule has 0 radical (unpaired) electrons. The zero-order valence-electron chi connectivity index (χ0n) is 30.4. The molecule has 8 nitrogen and oxygen atoms in total. The maximum Gasteiger partial charge on any atom is 0.306 e. The first-order chi connectivity index (χ1) is 22.6. The van der Waals surface area contributed by atoms with Crippen molar-refractivity contribution in [2.75, 3.05) is 41.0 Å². The number of carbonyl (C=O) groups is 3. The molecule has 0 aliphatic carbocycles. The minimum atomic E-state index is -1.13. The summed E-state index contributed by atoms with van der Waals surface area (Å²) >= 11 is 0. The summed E-state index contributed by atoms with van der Waals surface area (Å²) in [6.07, 6.45) is 32.8. The molecule has 270 valence electrons. The highest BCUT2D eigenvalue weighted by atomic mass is 16.6. The van der Waals surface area contributed by atoms with E-state index in [2.05, 4.69) is 62.5 Å². The van der Waals surface area contributed by atoms with E-state index in [1.807, 2.05) is 0 Å². The Morgan fingerprint density at radius 1 is 0.681 bits per heavy atom. The fourth-order valence-electron chi connectivity index (χ4n) is 4.85. The van der Waals surface area contributed by atoms with Crippen molar-refractivity contribution >= 4 is 17.9 Å². The highest BCUT2D eigenvalue weighted by molar-refractivity contribution is 5.70. The molecule has 0 aromatic carbocycles. The Hall–Kier alpha value is -2.71. The van der Waals surface area contributed by atoms with E-state index >= 15 is 0 Å². The summed E-state index contributed by atoms with van der Waals surface area (Å²) in [6, 6.07) is -0.731. The Morgan fingerprint density at radius 3 is 1.89 bits per heavy atom. The summed E-state index contributed by atoms with van der Waals surface area (Å²) in [4.78, 5) is 36.5. The van der Waals surface area contributed by atoms with Gasteiger partial charge in [-0.05, 0) is 57.8 Å². The molecule has 0 bridgehead atoms. The largest absolute Gasteiger partial charge is 0.544 e. The first-order valence-electron chi connectivity index (χ1n) is 18.2. The predicted molar refractivity (Wildman–Crippen MR) is 189 cm³/mol. The van der Waals surface area contributed by atoms with Crippen molar-refractivity contribution in [3.8, 4) is 0 Å². The molecule has 0 saturated heterocycles. The monoisotopic (exact) mass is 661 g/mol. The number of hydrogen-bond acceptors (Lipinski definition) is 7. The molecule has 0 N–H and O–H groups in total. The molecule has 0 aromatic rings. The molecule has 0 amide bonds. The van der Waals surface area contributed by atoms with Crippen molar-refractivity contribution in [2.24, 2.45) is 0 Å². The smallest absolute Gasteiger partial charge is 0.306 e. The first-order valence-corrected chi connectivity index (χ1v) is 18.2. The molecule has 0 aromatic heterocycles. The van der Waals surface area contributed by atoms with E-state index < -0.39 is 18.1 Å². The van der Waals surface area contributed by atoms with Crippen LogP contribution in [0.5, 0.6) is 0 Å². The van der Waals surface area contributed by atoms with Crippen LogP contribution in [0.4, 0.5) is 0 Å². The molecular weight excluding hydrogens is 594 g/mol. The zero-order valence-corrected chi connectivity index (χ0v) is 30.4. The van der Waals surface area contributed by atoms with Crippen molar-refractivity contribution in [1.29, 1.82) is 0 Å². The van der Waals surface area contributed by atoms with Crippen LogP contribution < -0.4 is 5.11 Å². The van der Waals surface area contributed by atoms with Gasteiger partial charge in [-0.1, -0.05) is 101 Å². The number of carboxylic acid groups (broad SMARTS) is 1. The van der Waals surface area contributed by atoms with E-state index in [4.69, 9.17) is 14.2 Å². The number of esters is 2. The quantitative estimate of drug-likeness (QED) is 0.0248. The van der Waals surface area contributed by atoms with Crippen molar-refractivity contribution in [2.45, 2.75) is 142 Å². The number of hydrogen-bond donors (Lipinski definition) is 0. The van der Waals surface area contributed by atoms with Crippen molar-refractivity contribution < 1.29 is 38.2 Å². The highest BCUT2D eigenvalue weighted by Gasteiger charge is 2.25. The third-order valence-corrected chi connectivity index (χ3v) is 7.73. The van der Waals surface area contributed by atoms with Crippen LogP contribution in [-0.4, -0.2) is 75.5 Å². The number of carbonyl (C=O) groups excluding carboxylic acids is 3. The van der Waals surface area contributed by atoms with Gasteiger partial charge in [0.1, 0.15) is 12.6 Å². The van der Waals surface area contributed by atoms with Crippen LogP contribution in [0, 0.1) is 0 Å². The molecule has 0 aliphatic rings. The highest BCUT2D eigenvalue weighted by Crippen LogP contribution is 2.11. The van der Waals surface area contributed by atoms with Crippen LogP contribution in [0.25, 0.3) is 0 Å². The summed E-state index contributed by atoms with van der Waals surface area (Å²) in [6.45, 7) is 4.42. The Labute approximate surface area is 286 Å². The van der Waals surface area contributed by atoms with Crippen molar-refractivity contribution in [3.05, 3.63) is 48.6 Å². The Kier molecular flexibility index (Phi) is 28.8. The second-order valence-corrected chi connectivity index (χ2v) is 13.1. The molecule has 8 heteroatoms. The van der Waals surface area contributed by atoms with E-state index in [0.717, 1.165) is 83.5 Å². The molecule has 47 heavy (non-hydrogen) atoms. The lowest BCUT2D eigenvalue weighted by Crippen LogP contribution is -2.55. The number of carboxylic acids is 1. The van der Waals surface area contributed by atoms with E-state index in [0.29, 0.717) is 6.42 Å². The van der Waals surface area contributed by atoms with Gasteiger partial charge >= 0.3 is 11.9 Å². The van der Waals surface area contributed by atoms with Crippen molar-refractivity contribution in [3.63, 3.8) is 0 Å². The van der Waals surface area contributed by atoms with Gasteiger partial charge in [0.25, 0.3) is 0 Å². The standard InChI is InChI=1S/C39H67NO7/c1-6-8-10-12-14-16-18-20-21-23-25-27-29-37(41)46-34-35(33-45-32-31-36(39(43)44)40(3,4)5)47-38(42)30-28-26-24-22-19-17-15-13-11-9-7-2/h8,10,13-17,19,35-36H,6-7,9,11-12,18,20-34H2,1-5H3/b10-8+,15-13+,16-14+,19-17+. The SMILES string of the molecule is CC/C=C/C/C=C/CCCCCCCC(=O)OCC(COCCC(C(=O)[O-])[N+](C)(C)C)OC(=O)CCCCC/C=C/C=C/CCCC. The molecule has 0 rings (SSSR count). The number of allylic oxidation sites excluding steroid dienone is 8. The molecule has 0 spiro atoms. The Morgan fingerprint density at radius 2 is 1.26 bits per heavy atom. The predicted octanol–water partition coefficient (Wildman–Crippen LogP) is 7.57. The number of unbranched alkanes of at least 4 members (excludes halogenated alkanes) is 10. The molecule has 2 atom stereocenters. The van der Waals surface area contributed by atoms with Gasteiger partial charge in [0.2, 0.25) is 0 Å². The van der Waals surface area contributed by atoms with Gasteiger partial charge < -0.3 is 28.6 Å². The fraction of sp³-hybridized carbons (Fsp3) is 0.718. The number of likely N-dealkylation sites (N-methyl/N-ethyl adjacent to an activating group) is 1. The lowest BCUT2D eigenvalue weighted by Gasteiger charge is -2.34. The van der Waals surface area contributed by atoms with Gasteiger partial charge in [-0.3, -0.25) is 9.59 Å². The molecule has 0 heterocycles. The van der Waals surface area contributed by atoms with Crippen molar-refractivity contribution in [1.82, 2.24) is 0 Å². The molecule has 0 aliphatic heterocycles. The van der Waals surface area contributed by atoms with Gasteiger partial charge in [-0.25, -0.2) is 0 Å². The van der Waals surface area contributed by atoms with Gasteiger partial charge in [-0.2, -0.15) is 0 Å². The summed E-state index contributed by atoms with van der Waals surface area (Å²) in [5, 5.41) is 11.6. The van der Waals surface area contributed by atoms with Crippen LogP contribution in [-0.2, 0) is 28.6 Å². The van der Waals surface area contributed by atoms with E-state index in [1.54, 1.807) is 21.1 Å². The zero-order chi connectivity index (χ0) is 35.0. The summed E-state index contributed by atoms with van der Waals surface area (Å²) in [5.74, 6) is -1.80. The van der Waals surface area contributed by atoms with Gasteiger partial charge in [0, 0.05) is 19.3 Å². The Bertz CT molecular complexity index is 917. The maximum absolute atomic E-state index is 12.6. The van der Waals surface area contributed by atoms with Crippen LogP contribution in [0.1, 0.15) is 129 Å². The van der Waals surface area contributed by atoms with E-state index in [9.17, 15) is 19.5 Å². The minimum absolute atomic E-state index is 0.0236.